The first-order valence-electron chi connectivity index (χ1n) is 4.90. The molecule has 0 saturated carbocycles. The molecule has 0 bridgehead atoms. The number of hydrogen-bond donors (Lipinski definition) is 1. The lowest BCUT2D eigenvalue weighted by molar-refractivity contribution is 0.327. The fourth-order valence-electron chi connectivity index (χ4n) is 1.33. The van der Waals surface area contributed by atoms with Gasteiger partial charge in [0.25, 0.3) is 0 Å². The highest BCUT2D eigenvalue weighted by molar-refractivity contribution is 6.30. The number of hydrogen-bond acceptors (Lipinski definition) is 2. The molecule has 0 fully saturated rings. The zero-order valence-corrected chi connectivity index (χ0v) is 9.81. The summed E-state index contributed by atoms with van der Waals surface area (Å²) in [5.74, 6) is -0.351. The van der Waals surface area contributed by atoms with E-state index in [-0.39, 0.29) is 10.8 Å². The summed E-state index contributed by atoms with van der Waals surface area (Å²) in [6.45, 7) is 2.59. The second-order valence-electron chi connectivity index (χ2n) is 3.59. The quantitative estimate of drug-likeness (QED) is 0.834. The maximum atomic E-state index is 13.1. The van der Waals surface area contributed by atoms with E-state index in [1.54, 1.807) is 6.07 Å². The van der Waals surface area contributed by atoms with Gasteiger partial charge in [0.2, 0.25) is 0 Å². The Balaban J connectivity index is 2.53. The maximum Gasteiger partial charge on any atom is 0.142 e. The molecule has 0 aromatic heterocycles. The number of likely N-dealkylation sites (N-methyl/N-ethyl adjacent to an activating group) is 2. The molecule has 1 N–H and O–H groups in total. The van der Waals surface area contributed by atoms with Crippen molar-refractivity contribution in [2.24, 2.45) is 0 Å². The Morgan fingerprint density at radius 1 is 1.47 bits per heavy atom. The molecule has 1 aromatic carbocycles. The Labute approximate surface area is 95.0 Å². The topological polar surface area (TPSA) is 15.3 Å². The summed E-state index contributed by atoms with van der Waals surface area (Å²) in [6.07, 6.45) is 0. The maximum absolute atomic E-state index is 13.1. The van der Waals surface area contributed by atoms with E-state index < -0.39 is 0 Å². The Morgan fingerprint density at radius 2 is 2.20 bits per heavy atom. The van der Waals surface area contributed by atoms with Crippen LogP contribution in [-0.4, -0.2) is 32.1 Å². The number of nitrogens with zero attached hydrogens (tertiary/aromatic N) is 1. The van der Waals surface area contributed by atoms with Crippen molar-refractivity contribution in [2.45, 2.75) is 6.54 Å². The summed E-state index contributed by atoms with van der Waals surface area (Å²) in [5.41, 5.74) is 0.940. The van der Waals surface area contributed by atoms with Crippen molar-refractivity contribution < 1.29 is 4.39 Å². The van der Waals surface area contributed by atoms with Gasteiger partial charge in [-0.2, -0.15) is 0 Å². The van der Waals surface area contributed by atoms with Crippen molar-refractivity contribution in [2.75, 3.05) is 27.2 Å². The minimum absolute atomic E-state index is 0.177. The van der Waals surface area contributed by atoms with E-state index >= 15 is 0 Å². The Hall–Kier alpha value is -0.640. The molecule has 0 atom stereocenters. The average molecular weight is 231 g/mol. The van der Waals surface area contributed by atoms with Crippen LogP contribution in [-0.2, 0) is 6.54 Å². The van der Waals surface area contributed by atoms with E-state index in [1.165, 1.54) is 6.07 Å². The fraction of sp³-hybridized carbons (Fsp3) is 0.455. The molecule has 15 heavy (non-hydrogen) atoms. The summed E-state index contributed by atoms with van der Waals surface area (Å²) in [7, 11) is 3.92. The van der Waals surface area contributed by atoms with Crippen molar-refractivity contribution in [3.05, 3.63) is 34.6 Å². The van der Waals surface area contributed by atoms with Gasteiger partial charge in [-0.25, -0.2) is 4.39 Å². The molecule has 0 radical (unpaired) electrons. The number of benzene rings is 1. The minimum Gasteiger partial charge on any atom is -0.318 e. The van der Waals surface area contributed by atoms with Gasteiger partial charge in [-0.1, -0.05) is 17.7 Å². The molecule has 84 valence electrons. The van der Waals surface area contributed by atoms with E-state index in [1.807, 2.05) is 20.2 Å². The van der Waals surface area contributed by atoms with Crippen LogP contribution in [0.3, 0.4) is 0 Å². The highest BCUT2D eigenvalue weighted by Gasteiger charge is 2.03. The second-order valence-corrected chi connectivity index (χ2v) is 4.00. The molecule has 0 aliphatic carbocycles. The zero-order valence-electron chi connectivity index (χ0n) is 9.06. The van der Waals surface area contributed by atoms with Crippen LogP contribution in [0.15, 0.2) is 18.2 Å². The van der Waals surface area contributed by atoms with Gasteiger partial charge in [0, 0.05) is 19.6 Å². The predicted molar refractivity (Wildman–Crippen MR) is 61.7 cm³/mol. The van der Waals surface area contributed by atoms with E-state index in [9.17, 15) is 4.39 Å². The van der Waals surface area contributed by atoms with Gasteiger partial charge in [0.15, 0.2) is 0 Å². The lowest BCUT2D eigenvalue weighted by Crippen LogP contribution is -2.26. The first kappa shape index (κ1) is 12.4. The molecule has 0 saturated heterocycles. The van der Waals surface area contributed by atoms with Crippen LogP contribution >= 0.6 is 11.6 Å². The van der Waals surface area contributed by atoms with Crippen molar-refractivity contribution in [1.29, 1.82) is 0 Å². The van der Waals surface area contributed by atoms with E-state index in [4.69, 9.17) is 11.6 Å². The molecule has 0 heterocycles. The minimum atomic E-state index is -0.351. The lowest BCUT2D eigenvalue weighted by atomic mass is 10.2. The summed E-state index contributed by atoms with van der Waals surface area (Å²) in [6, 6.07) is 4.93. The third-order valence-electron chi connectivity index (χ3n) is 2.18. The summed E-state index contributed by atoms with van der Waals surface area (Å²) in [4.78, 5) is 2.12. The Morgan fingerprint density at radius 3 is 2.80 bits per heavy atom. The van der Waals surface area contributed by atoms with E-state index in [0.717, 1.165) is 25.2 Å². The molecular formula is C11H16ClFN2. The molecule has 1 rings (SSSR count). The molecular weight excluding hydrogens is 215 g/mol. The third-order valence-corrected chi connectivity index (χ3v) is 2.49. The molecule has 0 unspecified atom stereocenters. The van der Waals surface area contributed by atoms with Crippen LogP contribution < -0.4 is 5.32 Å². The molecule has 0 aliphatic heterocycles. The Kier molecular flexibility index (Phi) is 5.02. The van der Waals surface area contributed by atoms with Crippen molar-refractivity contribution in [1.82, 2.24) is 10.2 Å². The molecule has 0 amide bonds. The molecule has 2 nitrogen and oxygen atoms in total. The SMILES string of the molecule is CNCCN(C)Cc1ccc(Cl)c(F)c1. The summed E-state index contributed by atoms with van der Waals surface area (Å²) in [5, 5.41) is 3.25. The molecule has 0 spiro atoms. The van der Waals surface area contributed by atoms with Gasteiger partial charge in [0.05, 0.1) is 5.02 Å². The molecule has 1 aromatic rings. The average Bonchev–Trinajstić information content (AvgIpc) is 2.20. The standard InChI is InChI=1S/C11H16ClFN2/c1-14-5-6-15(2)8-9-3-4-10(12)11(13)7-9/h3-4,7,14H,5-6,8H2,1-2H3. The van der Waals surface area contributed by atoms with Gasteiger partial charge in [-0.05, 0) is 31.8 Å². The second kappa shape index (κ2) is 6.05. The molecule has 0 aliphatic rings. The number of rotatable bonds is 5. The van der Waals surface area contributed by atoms with Crippen LogP contribution in [0.25, 0.3) is 0 Å². The zero-order chi connectivity index (χ0) is 11.3. The lowest BCUT2D eigenvalue weighted by Gasteiger charge is -2.16. The van der Waals surface area contributed by atoms with Gasteiger partial charge in [0.1, 0.15) is 5.82 Å². The van der Waals surface area contributed by atoms with Gasteiger partial charge >= 0.3 is 0 Å². The van der Waals surface area contributed by atoms with Crippen molar-refractivity contribution >= 4 is 11.6 Å². The number of nitrogens with one attached hydrogen (secondary N) is 1. The number of halogens is 2. The van der Waals surface area contributed by atoms with Crippen molar-refractivity contribution in [3.8, 4) is 0 Å². The highest BCUT2D eigenvalue weighted by atomic mass is 35.5. The third kappa shape index (κ3) is 4.16. The normalized spacial score (nSPS) is 11.0. The van der Waals surface area contributed by atoms with Gasteiger partial charge in [-0.15, -0.1) is 0 Å². The van der Waals surface area contributed by atoms with Crippen LogP contribution in [0.1, 0.15) is 5.56 Å². The van der Waals surface area contributed by atoms with Crippen molar-refractivity contribution in [3.63, 3.8) is 0 Å². The van der Waals surface area contributed by atoms with Crippen LogP contribution in [0, 0.1) is 5.82 Å². The van der Waals surface area contributed by atoms with Gasteiger partial charge in [-0.3, -0.25) is 0 Å². The molecule has 4 heteroatoms. The van der Waals surface area contributed by atoms with Crippen LogP contribution in [0.4, 0.5) is 4.39 Å². The van der Waals surface area contributed by atoms with E-state index in [0.29, 0.717) is 0 Å². The Bertz CT molecular complexity index is 317. The summed E-state index contributed by atoms with van der Waals surface area (Å²) >= 11 is 5.60. The fourth-order valence-corrected chi connectivity index (χ4v) is 1.45. The van der Waals surface area contributed by atoms with E-state index in [2.05, 4.69) is 10.2 Å². The van der Waals surface area contributed by atoms with Crippen LogP contribution in [0.5, 0.6) is 0 Å². The van der Waals surface area contributed by atoms with Crippen LogP contribution in [0.2, 0.25) is 5.02 Å². The van der Waals surface area contributed by atoms with Gasteiger partial charge < -0.3 is 10.2 Å². The first-order chi connectivity index (χ1) is 7.13. The predicted octanol–water partition coefficient (Wildman–Crippen LogP) is 2.13. The first-order valence-corrected chi connectivity index (χ1v) is 5.28. The summed E-state index contributed by atoms with van der Waals surface area (Å²) < 4.78 is 13.1. The largest absolute Gasteiger partial charge is 0.318 e. The monoisotopic (exact) mass is 230 g/mol. The smallest absolute Gasteiger partial charge is 0.142 e. The highest BCUT2D eigenvalue weighted by Crippen LogP contribution is 2.16.